The van der Waals surface area contributed by atoms with Crippen LogP contribution in [-0.4, -0.2) is 47.9 Å². The average molecular weight is 415 g/mol. The summed E-state index contributed by atoms with van der Waals surface area (Å²) in [5.41, 5.74) is 2.26. The van der Waals surface area contributed by atoms with E-state index in [9.17, 15) is 9.59 Å². The lowest BCUT2D eigenvalue weighted by molar-refractivity contribution is -0.143. The molecule has 5 nitrogen and oxygen atoms in total. The van der Waals surface area contributed by atoms with Crippen LogP contribution >= 0.6 is 11.3 Å². The summed E-state index contributed by atoms with van der Waals surface area (Å²) >= 11 is 1.75. The van der Waals surface area contributed by atoms with E-state index >= 15 is 0 Å². The molecule has 2 heterocycles. The predicted octanol–water partition coefficient (Wildman–Crippen LogP) is 4.27. The monoisotopic (exact) mass is 414 g/mol. The molecule has 2 amide bonds. The fraction of sp³-hybridized carbons (Fsp3) is 0.478. The van der Waals surface area contributed by atoms with Crippen LogP contribution in [0.4, 0.5) is 0 Å². The van der Waals surface area contributed by atoms with Gasteiger partial charge in [0.1, 0.15) is 12.3 Å². The second-order valence-corrected chi connectivity index (χ2v) is 8.45. The van der Waals surface area contributed by atoms with E-state index in [1.54, 1.807) is 23.3 Å². The van der Waals surface area contributed by atoms with E-state index in [0.717, 1.165) is 24.2 Å². The third-order valence-electron chi connectivity index (χ3n) is 5.77. The maximum Gasteiger partial charge on any atom is 0.243 e. The van der Waals surface area contributed by atoms with Crippen LogP contribution in [0.5, 0.6) is 5.75 Å². The maximum absolute atomic E-state index is 13.4. The Morgan fingerprint density at radius 2 is 1.97 bits per heavy atom. The van der Waals surface area contributed by atoms with E-state index in [1.807, 2.05) is 49.9 Å². The van der Waals surface area contributed by atoms with Gasteiger partial charge in [0.2, 0.25) is 11.8 Å². The Hall–Kier alpha value is -2.34. The molecule has 1 aliphatic rings. The standard InChI is InChI=1S/C23H30N2O3S/c1-5-16(3)25(21(26)6-2)15-22(27)24-13-11-20-19(12-14-29-20)23(24)17-7-9-18(28-4)10-8-17/h7-10,12,14,16,23H,5-6,11,13,15H2,1-4H3/t16-,23-/m0/s1. The van der Waals surface area contributed by atoms with Crippen LogP contribution in [-0.2, 0) is 16.0 Å². The minimum absolute atomic E-state index is 0.00441. The van der Waals surface area contributed by atoms with Crippen molar-refractivity contribution in [2.75, 3.05) is 20.2 Å². The van der Waals surface area contributed by atoms with Crippen LogP contribution in [0.25, 0.3) is 0 Å². The molecule has 6 heteroatoms. The number of hydrogen-bond acceptors (Lipinski definition) is 4. The lowest BCUT2D eigenvalue weighted by Crippen LogP contribution is -2.49. The Balaban J connectivity index is 1.91. The molecule has 156 valence electrons. The summed E-state index contributed by atoms with van der Waals surface area (Å²) in [5, 5.41) is 2.10. The average Bonchev–Trinajstić information content (AvgIpc) is 3.24. The smallest absolute Gasteiger partial charge is 0.243 e. The molecule has 29 heavy (non-hydrogen) atoms. The van der Waals surface area contributed by atoms with Crippen LogP contribution in [0.15, 0.2) is 35.7 Å². The Morgan fingerprint density at radius 1 is 1.24 bits per heavy atom. The van der Waals surface area contributed by atoms with Crippen molar-refractivity contribution in [3.05, 3.63) is 51.7 Å². The van der Waals surface area contributed by atoms with Gasteiger partial charge in [0.15, 0.2) is 0 Å². The van der Waals surface area contributed by atoms with Gasteiger partial charge >= 0.3 is 0 Å². The number of ether oxygens (including phenoxy) is 1. The van der Waals surface area contributed by atoms with Crippen molar-refractivity contribution >= 4 is 23.2 Å². The number of rotatable bonds is 7. The van der Waals surface area contributed by atoms with Crippen molar-refractivity contribution in [2.45, 2.75) is 52.1 Å². The fourth-order valence-corrected chi connectivity index (χ4v) is 4.78. The van der Waals surface area contributed by atoms with E-state index in [1.165, 1.54) is 10.4 Å². The van der Waals surface area contributed by atoms with Crippen molar-refractivity contribution < 1.29 is 14.3 Å². The number of carbonyl (C=O) groups is 2. The van der Waals surface area contributed by atoms with Gasteiger partial charge in [0.25, 0.3) is 0 Å². The van der Waals surface area contributed by atoms with E-state index in [2.05, 4.69) is 11.4 Å². The Labute approximate surface area is 177 Å². The number of carbonyl (C=O) groups excluding carboxylic acids is 2. The first-order valence-corrected chi connectivity index (χ1v) is 11.2. The molecule has 0 N–H and O–H groups in total. The Morgan fingerprint density at radius 3 is 2.59 bits per heavy atom. The van der Waals surface area contributed by atoms with Gasteiger partial charge in [0, 0.05) is 23.9 Å². The van der Waals surface area contributed by atoms with E-state index in [4.69, 9.17) is 4.74 Å². The van der Waals surface area contributed by atoms with Crippen molar-refractivity contribution in [3.8, 4) is 5.75 Å². The molecule has 1 aromatic heterocycles. The second-order valence-electron chi connectivity index (χ2n) is 7.44. The summed E-state index contributed by atoms with van der Waals surface area (Å²) in [4.78, 5) is 30.9. The van der Waals surface area contributed by atoms with Crippen molar-refractivity contribution in [3.63, 3.8) is 0 Å². The first kappa shape index (κ1) is 21.4. The third kappa shape index (κ3) is 4.47. The normalized spacial score (nSPS) is 16.8. The van der Waals surface area contributed by atoms with Gasteiger partial charge in [-0.05, 0) is 54.5 Å². The number of nitrogens with zero attached hydrogens (tertiary/aromatic N) is 2. The van der Waals surface area contributed by atoms with Gasteiger partial charge in [-0.1, -0.05) is 26.0 Å². The zero-order valence-corrected chi connectivity index (χ0v) is 18.5. The molecule has 1 aromatic carbocycles. The highest BCUT2D eigenvalue weighted by Gasteiger charge is 2.34. The second kappa shape index (κ2) is 9.44. The highest BCUT2D eigenvalue weighted by Crippen LogP contribution is 2.38. The zero-order chi connectivity index (χ0) is 21.0. The molecule has 1 aliphatic heterocycles. The Kier molecular flexibility index (Phi) is 6.96. The largest absolute Gasteiger partial charge is 0.497 e. The molecule has 0 unspecified atom stereocenters. The van der Waals surface area contributed by atoms with Gasteiger partial charge in [-0.15, -0.1) is 11.3 Å². The Bertz CT molecular complexity index is 846. The molecule has 0 spiro atoms. The number of hydrogen-bond donors (Lipinski definition) is 0. The van der Waals surface area contributed by atoms with E-state index in [-0.39, 0.29) is 30.4 Å². The summed E-state index contributed by atoms with van der Waals surface area (Å²) in [6.07, 6.45) is 2.10. The fourth-order valence-electron chi connectivity index (χ4n) is 3.88. The lowest BCUT2D eigenvalue weighted by Gasteiger charge is -2.38. The number of fused-ring (bicyclic) bond motifs is 1. The molecular formula is C23H30N2O3S. The number of amides is 2. The van der Waals surface area contributed by atoms with Gasteiger partial charge < -0.3 is 14.5 Å². The first-order valence-electron chi connectivity index (χ1n) is 10.3. The first-order chi connectivity index (χ1) is 14.0. The van der Waals surface area contributed by atoms with E-state index < -0.39 is 0 Å². The van der Waals surface area contributed by atoms with Gasteiger partial charge in [-0.2, -0.15) is 0 Å². The van der Waals surface area contributed by atoms with Gasteiger partial charge in [0.05, 0.1) is 13.2 Å². The lowest BCUT2D eigenvalue weighted by atomic mass is 9.93. The molecule has 0 saturated heterocycles. The molecular weight excluding hydrogens is 384 g/mol. The number of benzene rings is 1. The van der Waals surface area contributed by atoms with Crippen LogP contribution in [0.3, 0.4) is 0 Å². The molecule has 0 bridgehead atoms. The summed E-state index contributed by atoms with van der Waals surface area (Å²) in [7, 11) is 1.65. The maximum atomic E-state index is 13.4. The highest BCUT2D eigenvalue weighted by atomic mass is 32.1. The topological polar surface area (TPSA) is 49.9 Å². The molecule has 3 rings (SSSR count). The molecule has 0 aliphatic carbocycles. The van der Waals surface area contributed by atoms with Gasteiger partial charge in [-0.3, -0.25) is 9.59 Å². The van der Waals surface area contributed by atoms with Crippen molar-refractivity contribution in [1.82, 2.24) is 9.80 Å². The number of thiophene rings is 1. The van der Waals surface area contributed by atoms with Crippen LogP contribution in [0.1, 0.15) is 55.7 Å². The highest BCUT2D eigenvalue weighted by molar-refractivity contribution is 7.10. The molecule has 0 fully saturated rings. The molecule has 2 atom stereocenters. The summed E-state index contributed by atoms with van der Waals surface area (Å²) in [6.45, 7) is 6.70. The molecule has 0 saturated carbocycles. The molecule has 2 aromatic rings. The summed E-state index contributed by atoms with van der Waals surface area (Å²) < 4.78 is 5.29. The minimum atomic E-state index is -0.126. The minimum Gasteiger partial charge on any atom is -0.497 e. The summed E-state index contributed by atoms with van der Waals surface area (Å²) in [5.74, 6) is 0.830. The van der Waals surface area contributed by atoms with E-state index in [0.29, 0.717) is 13.0 Å². The summed E-state index contributed by atoms with van der Waals surface area (Å²) in [6, 6.07) is 9.97. The quantitative estimate of drug-likeness (QED) is 0.680. The van der Waals surface area contributed by atoms with Crippen LogP contribution < -0.4 is 4.74 Å². The van der Waals surface area contributed by atoms with Crippen molar-refractivity contribution in [2.24, 2.45) is 0 Å². The zero-order valence-electron chi connectivity index (χ0n) is 17.7. The SMILES string of the molecule is CCC(=O)N(CC(=O)N1CCc2sccc2[C@@H]1c1ccc(OC)cc1)[C@@H](C)CC. The van der Waals surface area contributed by atoms with Crippen LogP contribution in [0.2, 0.25) is 0 Å². The van der Waals surface area contributed by atoms with Crippen LogP contribution in [0, 0.1) is 0 Å². The number of methoxy groups -OCH3 is 1. The van der Waals surface area contributed by atoms with Gasteiger partial charge in [-0.25, -0.2) is 0 Å². The third-order valence-corrected chi connectivity index (χ3v) is 6.77. The molecule has 0 radical (unpaired) electrons. The predicted molar refractivity (Wildman–Crippen MR) is 116 cm³/mol. The van der Waals surface area contributed by atoms with Crippen molar-refractivity contribution in [1.29, 1.82) is 0 Å².